The average Bonchev–Trinajstić information content (AvgIpc) is 3.26. The van der Waals surface area contributed by atoms with Gasteiger partial charge in [0.1, 0.15) is 0 Å². The number of hydrogen-bond acceptors (Lipinski definition) is 2. The maximum atomic E-state index is 12.3. The van der Waals surface area contributed by atoms with Crippen LogP contribution >= 0.6 is 11.6 Å². The van der Waals surface area contributed by atoms with Gasteiger partial charge in [0.05, 0.1) is 16.3 Å². The first kappa shape index (κ1) is 15.6. The van der Waals surface area contributed by atoms with Crippen molar-refractivity contribution in [3.63, 3.8) is 0 Å². The molecule has 1 aliphatic carbocycles. The molecule has 0 aliphatic heterocycles. The fraction of sp³-hybridized carbons (Fsp3) is 0.467. The molecule has 2 amide bonds. The number of anilines is 1. The van der Waals surface area contributed by atoms with E-state index in [0.717, 1.165) is 32.2 Å². The highest BCUT2D eigenvalue weighted by molar-refractivity contribution is 6.34. The summed E-state index contributed by atoms with van der Waals surface area (Å²) in [6, 6.07) is 4.45. The van der Waals surface area contributed by atoms with Gasteiger partial charge in [-0.1, -0.05) is 24.9 Å². The van der Waals surface area contributed by atoms with Crippen molar-refractivity contribution in [2.75, 3.05) is 11.9 Å². The van der Waals surface area contributed by atoms with Gasteiger partial charge in [0.25, 0.3) is 0 Å². The molecule has 0 saturated heterocycles. The molecule has 5 nitrogen and oxygen atoms in total. The summed E-state index contributed by atoms with van der Waals surface area (Å²) in [5.74, 6) is -1.04. The van der Waals surface area contributed by atoms with Crippen LogP contribution < -0.4 is 5.32 Å². The molecule has 0 unspecified atom stereocenters. The van der Waals surface area contributed by atoms with Crippen molar-refractivity contribution in [3.8, 4) is 0 Å². The molecule has 2 N–H and O–H groups in total. The number of urea groups is 1. The van der Waals surface area contributed by atoms with Crippen LogP contribution in [0.25, 0.3) is 0 Å². The minimum absolute atomic E-state index is 0.100. The Morgan fingerprint density at radius 2 is 2.14 bits per heavy atom. The largest absolute Gasteiger partial charge is 0.478 e. The number of halogens is 1. The summed E-state index contributed by atoms with van der Waals surface area (Å²) in [7, 11) is 0. The predicted molar refractivity (Wildman–Crippen MR) is 82.1 cm³/mol. The number of nitrogens with one attached hydrogen (secondary N) is 1. The van der Waals surface area contributed by atoms with E-state index >= 15 is 0 Å². The Morgan fingerprint density at radius 1 is 1.43 bits per heavy atom. The zero-order chi connectivity index (χ0) is 15.4. The molecule has 0 spiro atoms. The second-order valence-corrected chi connectivity index (χ2v) is 5.62. The summed E-state index contributed by atoms with van der Waals surface area (Å²) in [6.45, 7) is 2.82. The molecule has 1 aromatic carbocycles. The Kier molecular flexibility index (Phi) is 5.07. The summed E-state index contributed by atoms with van der Waals surface area (Å²) in [4.78, 5) is 25.0. The number of unbranched alkanes of at least 4 members (excludes halogenated alkanes) is 1. The number of benzene rings is 1. The van der Waals surface area contributed by atoms with E-state index in [2.05, 4.69) is 12.2 Å². The SMILES string of the molecule is CCCCN(C(=O)Nc1ccc(C(=O)O)cc1Cl)C1CC1. The molecule has 0 atom stereocenters. The standard InChI is InChI=1S/C15H19ClN2O3/c1-2-3-8-18(11-5-6-11)15(21)17-13-7-4-10(14(19)20)9-12(13)16/h4,7,9,11H,2-3,5-6,8H2,1H3,(H,17,21)(H,19,20). The van der Waals surface area contributed by atoms with E-state index in [1.807, 2.05) is 4.90 Å². The van der Waals surface area contributed by atoms with Gasteiger partial charge in [0.2, 0.25) is 0 Å². The Bertz CT molecular complexity index is 544. The number of amides is 2. The number of carbonyl (C=O) groups is 2. The lowest BCUT2D eigenvalue weighted by Gasteiger charge is -2.23. The predicted octanol–water partition coefficient (Wildman–Crippen LogP) is 3.83. The molecule has 0 heterocycles. The first-order valence-electron chi connectivity index (χ1n) is 7.13. The summed E-state index contributed by atoms with van der Waals surface area (Å²) in [5, 5.41) is 11.9. The van der Waals surface area contributed by atoms with Crippen molar-refractivity contribution in [1.82, 2.24) is 4.90 Å². The Hall–Kier alpha value is -1.75. The number of aromatic carboxylic acids is 1. The van der Waals surface area contributed by atoms with Crippen LogP contribution in [0.5, 0.6) is 0 Å². The molecule has 1 saturated carbocycles. The zero-order valence-corrected chi connectivity index (χ0v) is 12.7. The van der Waals surface area contributed by atoms with Crippen LogP contribution in [0.1, 0.15) is 43.0 Å². The number of carboxylic acids is 1. The number of carboxylic acid groups (broad SMARTS) is 1. The molecule has 1 aliphatic rings. The van der Waals surface area contributed by atoms with Gasteiger partial charge in [-0.25, -0.2) is 9.59 Å². The first-order valence-corrected chi connectivity index (χ1v) is 7.51. The number of nitrogens with zero attached hydrogens (tertiary/aromatic N) is 1. The Labute approximate surface area is 128 Å². The van der Waals surface area contributed by atoms with Gasteiger partial charge >= 0.3 is 12.0 Å². The van der Waals surface area contributed by atoms with E-state index < -0.39 is 5.97 Å². The number of hydrogen-bond donors (Lipinski definition) is 2. The molecule has 114 valence electrons. The van der Waals surface area contributed by atoms with Crippen LogP contribution in [-0.2, 0) is 0 Å². The average molecular weight is 311 g/mol. The number of rotatable bonds is 6. The molecular formula is C15H19ClN2O3. The number of carbonyl (C=O) groups excluding carboxylic acids is 1. The van der Waals surface area contributed by atoms with Gasteiger partial charge in [-0.3, -0.25) is 0 Å². The van der Waals surface area contributed by atoms with Crippen LogP contribution in [0.4, 0.5) is 10.5 Å². The minimum atomic E-state index is -1.04. The molecule has 0 radical (unpaired) electrons. The second-order valence-electron chi connectivity index (χ2n) is 5.21. The third kappa shape index (κ3) is 4.11. The Morgan fingerprint density at radius 3 is 2.67 bits per heavy atom. The lowest BCUT2D eigenvalue weighted by Crippen LogP contribution is -2.37. The van der Waals surface area contributed by atoms with Gasteiger partial charge in [-0.2, -0.15) is 0 Å². The van der Waals surface area contributed by atoms with E-state index in [0.29, 0.717) is 11.7 Å². The van der Waals surface area contributed by atoms with Crippen molar-refractivity contribution >= 4 is 29.3 Å². The smallest absolute Gasteiger partial charge is 0.335 e. The highest BCUT2D eigenvalue weighted by Gasteiger charge is 2.32. The van der Waals surface area contributed by atoms with E-state index in [4.69, 9.17) is 16.7 Å². The fourth-order valence-electron chi connectivity index (χ4n) is 2.10. The van der Waals surface area contributed by atoms with Gasteiger partial charge < -0.3 is 15.3 Å². The monoisotopic (exact) mass is 310 g/mol. The van der Waals surface area contributed by atoms with Crippen LogP contribution in [0.3, 0.4) is 0 Å². The highest BCUT2D eigenvalue weighted by Crippen LogP contribution is 2.29. The van der Waals surface area contributed by atoms with Crippen molar-refractivity contribution in [1.29, 1.82) is 0 Å². The topological polar surface area (TPSA) is 69.6 Å². The van der Waals surface area contributed by atoms with Crippen LogP contribution in [-0.4, -0.2) is 34.6 Å². The molecule has 0 bridgehead atoms. The quantitative estimate of drug-likeness (QED) is 0.838. The van der Waals surface area contributed by atoms with E-state index in [-0.39, 0.29) is 16.6 Å². The molecule has 21 heavy (non-hydrogen) atoms. The van der Waals surface area contributed by atoms with E-state index in [1.54, 1.807) is 0 Å². The van der Waals surface area contributed by atoms with Gasteiger partial charge in [0, 0.05) is 12.6 Å². The fourth-order valence-corrected chi connectivity index (χ4v) is 2.33. The second kappa shape index (κ2) is 6.80. The van der Waals surface area contributed by atoms with E-state index in [1.165, 1.54) is 18.2 Å². The molecule has 1 fully saturated rings. The van der Waals surface area contributed by atoms with Crippen LogP contribution in [0.2, 0.25) is 5.02 Å². The summed E-state index contributed by atoms with van der Waals surface area (Å²) in [6.07, 6.45) is 4.09. The molecule has 6 heteroatoms. The van der Waals surface area contributed by atoms with Crippen molar-refractivity contribution in [3.05, 3.63) is 28.8 Å². The lowest BCUT2D eigenvalue weighted by molar-refractivity contribution is 0.0697. The molecule has 0 aromatic heterocycles. The van der Waals surface area contributed by atoms with Crippen LogP contribution in [0, 0.1) is 0 Å². The van der Waals surface area contributed by atoms with Crippen molar-refractivity contribution < 1.29 is 14.7 Å². The Balaban J connectivity index is 2.05. The zero-order valence-electron chi connectivity index (χ0n) is 11.9. The van der Waals surface area contributed by atoms with Crippen molar-refractivity contribution in [2.45, 2.75) is 38.6 Å². The molecular weight excluding hydrogens is 292 g/mol. The highest BCUT2D eigenvalue weighted by atomic mass is 35.5. The maximum Gasteiger partial charge on any atom is 0.335 e. The van der Waals surface area contributed by atoms with Crippen molar-refractivity contribution in [2.24, 2.45) is 0 Å². The molecule has 2 rings (SSSR count). The van der Waals surface area contributed by atoms with Crippen LogP contribution in [0.15, 0.2) is 18.2 Å². The molecule has 1 aromatic rings. The third-order valence-corrected chi connectivity index (χ3v) is 3.77. The lowest BCUT2D eigenvalue weighted by atomic mass is 10.2. The normalized spacial score (nSPS) is 13.8. The van der Waals surface area contributed by atoms with Gasteiger partial charge in [0.15, 0.2) is 0 Å². The third-order valence-electron chi connectivity index (χ3n) is 3.46. The first-order chi connectivity index (χ1) is 10.0. The summed E-state index contributed by atoms with van der Waals surface area (Å²) in [5.41, 5.74) is 0.539. The van der Waals surface area contributed by atoms with Gasteiger partial charge in [-0.05, 0) is 37.5 Å². The summed E-state index contributed by atoms with van der Waals surface area (Å²) >= 11 is 6.03. The summed E-state index contributed by atoms with van der Waals surface area (Å²) < 4.78 is 0. The van der Waals surface area contributed by atoms with E-state index in [9.17, 15) is 9.59 Å². The maximum absolute atomic E-state index is 12.3. The van der Waals surface area contributed by atoms with Gasteiger partial charge in [-0.15, -0.1) is 0 Å². The minimum Gasteiger partial charge on any atom is -0.478 e.